The molecule has 12 rings (SSSR count). The average Bonchev–Trinajstić information content (AvgIpc) is 3.89. The Morgan fingerprint density at radius 2 is 0.750 bits per heavy atom. The lowest BCUT2D eigenvalue weighted by Gasteiger charge is -2.25. The van der Waals surface area contributed by atoms with Gasteiger partial charge < -0.3 is 14.0 Å². The summed E-state index contributed by atoms with van der Waals surface area (Å²) in [6.07, 6.45) is 3.21. The zero-order valence-electron chi connectivity index (χ0n) is 38.5. The fraction of sp³-hybridized carbons (Fsp3) is 0.0769. The molecule has 68 heavy (non-hydrogen) atoms. The molecule has 0 aliphatic heterocycles. The van der Waals surface area contributed by atoms with Gasteiger partial charge in [-0.05, 0) is 157 Å². The maximum Gasteiger partial charge on any atom is 0.0548 e. The van der Waals surface area contributed by atoms with Crippen LogP contribution in [-0.2, 0) is 12.8 Å². The molecule has 0 saturated heterocycles. The Morgan fingerprint density at radius 3 is 1.41 bits per heavy atom. The van der Waals surface area contributed by atoms with Crippen LogP contribution in [0.5, 0.6) is 0 Å². The lowest BCUT2D eigenvalue weighted by Crippen LogP contribution is -2.09. The molecule has 2 heterocycles. The Hall–Kier alpha value is -8.40. The van der Waals surface area contributed by atoms with E-state index < -0.39 is 0 Å². The minimum atomic E-state index is 1.03. The molecular weight excluding hydrogens is 823 g/mol. The third-order valence-electron chi connectivity index (χ3n) is 13.8. The Kier molecular flexibility index (Phi) is 10.5. The number of fused-ring (bicyclic) bond motifs is 6. The highest BCUT2D eigenvalue weighted by Crippen LogP contribution is 2.42. The molecule has 0 spiro atoms. The van der Waals surface area contributed by atoms with Crippen molar-refractivity contribution in [3.05, 3.63) is 259 Å². The predicted octanol–water partition coefficient (Wildman–Crippen LogP) is 17.5. The van der Waals surface area contributed by atoms with Crippen molar-refractivity contribution in [3.8, 4) is 33.6 Å². The van der Waals surface area contributed by atoms with Crippen molar-refractivity contribution >= 4 is 60.7 Å². The highest BCUT2D eigenvalue weighted by molar-refractivity contribution is 6.19. The molecule has 0 N–H and O–H groups in total. The lowest BCUT2D eigenvalue weighted by molar-refractivity contribution is 0.821. The summed E-state index contributed by atoms with van der Waals surface area (Å²) in [7, 11) is 0. The highest BCUT2D eigenvalue weighted by Gasteiger charge is 2.20. The molecule has 0 fully saturated rings. The van der Waals surface area contributed by atoms with Crippen LogP contribution in [0, 0.1) is 13.8 Å². The summed E-state index contributed by atoms with van der Waals surface area (Å²) in [6.45, 7) is 4.29. The zero-order chi connectivity index (χ0) is 45.6. The second-order valence-electron chi connectivity index (χ2n) is 18.3. The van der Waals surface area contributed by atoms with Gasteiger partial charge in [0.2, 0.25) is 0 Å². The summed E-state index contributed by atoms with van der Waals surface area (Å²) >= 11 is 0. The van der Waals surface area contributed by atoms with Gasteiger partial charge in [-0.3, -0.25) is 0 Å². The van der Waals surface area contributed by atoms with Gasteiger partial charge in [-0.2, -0.15) is 0 Å². The van der Waals surface area contributed by atoms with Gasteiger partial charge in [-0.1, -0.05) is 157 Å². The molecule has 10 aromatic carbocycles. The van der Waals surface area contributed by atoms with Crippen molar-refractivity contribution in [2.24, 2.45) is 0 Å². The SMILES string of the molecule is Cc1ccc(CCCc2ccc3c4cc5c(cc4n(-c4ccccc4)c3c2)c2cc(-c3ccccc3)ccc2n5-c2ccc(-c3ccc(N(c4ccccc4)c4ccc(C)cc4)cc3)cc2)cc1. The van der Waals surface area contributed by atoms with E-state index >= 15 is 0 Å². The number of nitrogens with zero attached hydrogens (tertiary/aromatic N) is 3. The van der Waals surface area contributed by atoms with E-state index in [0.717, 1.165) is 42.0 Å². The van der Waals surface area contributed by atoms with Crippen LogP contribution >= 0.6 is 0 Å². The van der Waals surface area contributed by atoms with E-state index in [1.165, 1.54) is 93.8 Å². The number of benzene rings is 10. The summed E-state index contributed by atoms with van der Waals surface area (Å²) in [5.41, 5.74) is 20.6. The maximum atomic E-state index is 2.48. The number of anilines is 3. The van der Waals surface area contributed by atoms with Crippen molar-refractivity contribution in [3.63, 3.8) is 0 Å². The predicted molar refractivity (Wildman–Crippen MR) is 289 cm³/mol. The number of rotatable bonds is 11. The molecule has 3 heteroatoms. The fourth-order valence-corrected chi connectivity index (χ4v) is 10.2. The van der Waals surface area contributed by atoms with Crippen LogP contribution in [0.15, 0.2) is 237 Å². The second kappa shape index (κ2) is 17.4. The molecule has 0 saturated carbocycles. The molecule has 0 aliphatic carbocycles. The summed E-state index contributed by atoms with van der Waals surface area (Å²) in [5.74, 6) is 0. The topological polar surface area (TPSA) is 13.1 Å². The standard InChI is InChI=1S/C65H51N3/c1-45-21-25-47(26-22-45)13-12-14-48-27-39-58-60-43-65-61(44-64(60)68(63(58)41-48)54-19-10-5-11-20-54)59-42-52(49-15-6-3-7-16-49)32-40-62(59)67(65)57-37-30-51(31-38-57)50-28-35-56(36-29-50)66(53-17-8-4-9-18-53)55-33-23-46(2)24-34-55/h3-11,15-44H,12-14H2,1-2H3. The van der Waals surface area contributed by atoms with Crippen LogP contribution in [-0.4, -0.2) is 9.13 Å². The van der Waals surface area contributed by atoms with Crippen molar-refractivity contribution < 1.29 is 0 Å². The van der Waals surface area contributed by atoms with Crippen molar-refractivity contribution in [1.82, 2.24) is 9.13 Å². The Bertz CT molecular complexity index is 3720. The van der Waals surface area contributed by atoms with Gasteiger partial charge in [0.25, 0.3) is 0 Å². The quantitative estimate of drug-likeness (QED) is 0.126. The summed E-state index contributed by atoms with van der Waals surface area (Å²) in [6, 6.07) is 87.1. The first-order valence-electron chi connectivity index (χ1n) is 23.9. The number of aryl methyl sites for hydroxylation is 4. The molecule has 0 aliphatic rings. The number of hydrogen-bond donors (Lipinski definition) is 0. The van der Waals surface area contributed by atoms with Crippen LogP contribution in [0.25, 0.3) is 77.2 Å². The number of aromatic nitrogens is 2. The Balaban J connectivity index is 0.967. The third-order valence-corrected chi connectivity index (χ3v) is 13.8. The van der Waals surface area contributed by atoms with Crippen LogP contribution in [0.1, 0.15) is 28.7 Å². The minimum absolute atomic E-state index is 1.03. The van der Waals surface area contributed by atoms with E-state index in [1.807, 2.05) is 0 Å². The van der Waals surface area contributed by atoms with Crippen LogP contribution < -0.4 is 4.90 Å². The smallest absolute Gasteiger partial charge is 0.0548 e. The van der Waals surface area contributed by atoms with E-state index in [9.17, 15) is 0 Å². The van der Waals surface area contributed by atoms with Crippen LogP contribution in [0.2, 0.25) is 0 Å². The molecule has 12 aromatic rings. The van der Waals surface area contributed by atoms with E-state index in [2.05, 4.69) is 264 Å². The Morgan fingerprint density at radius 1 is 0.309 bits per heavy atom. The minimum Gasteiger partial charge on any atom is -0.311 e. The first-order valence-corrected chi connectivity index (χ1v) is 23.9. The van der Waals surface area contributed by atoms with Gasteiger partial charge >= 0.3 is 0 Å². The first-order chi connectivity index (χ1) is 33.5. The van der Waals surface area contributed by atoms with Crippen molar-refractivity contribution in [1.29, 1.82) is 0 Å². The largest absolute Gasteiger partial charge is 0.311 e. The highest BCUT2D eigenvalue weighted by atomic mass is 15.1. The van der Waals surface area contributed by atoms with Gasteiger partial charge in [0.05, 0.1) is 22.1 Å². The molecule has 0 radical (unpaired) electrons. The molecule has 0 unspecified atom stereocenters. The van der Waals surface area contributed by atoms with E-state index in [1.54, 1.807) is 0 Å². The van der Waals surface area contributed by atoms with Gasteiger partial charge in [-0.25, -0.2) is 0 Å². The molecule has 0 atom stereocenters. The first kappa shape index (κ1) is 41.1. The monoisotopic (exact) mass is 873 g/mol. The van der Waals surface area contributed by atoms with E-state index in [4.69, 9.17) is 0 Å². The lowest BCUT2D eigenvalue weighted by atomic mass is 10.0. The van der Waals surface area contributed by atoms with Crippen LogP contribution in [0.4, 0.5) is 17.1 Å². The molecule has 326 valence electrons. The van der Waals surface area contributed by atoms with Crippen molar-refractivity contribution in [2.45, 2.75) is 33.1 Å². The number of para-hydroxylation sites is 2. The summed E-state index contributed by atoms with van der Waals surface area (Å²) in [4.78, 5) is 2.32. The third kappa shape index (κ3) is 7.62. The van der Waals surface area contributed by atoms with Crippen LogP contribution in [0.3, 0.4) is 0 Å². The van der Waals surface area contributed by atoms with E-state index in [0.29, 0.717) is 0 Å². The maximum absolute atomic E-state index is 2.48. The Labute approximate surface area is 398 Å². The molecule has 2 aromatic heterocycles. The normalized spacial score (nSPS) is 11.6. The van der Waals surface area contributed by atoms with Gasteiger partial charge in [-0.15, -0.1) is 0 Å². The fourth-order valence-electron chi connectivity index (χ4n) is 10.2. The zero-order valence-corrected chi connectivity index (χ0v) is 38.5. The molecular formula is C65H51N3. The molecule has 0 bridgehead atoms. The number of hydrogen-bond acceptors (Lipinski definition) is 1. The van der Waals surface area contributed by atoms with E-state index in [-0.39, 0.29) is 0 Å². The molecule has 3 nitrogen and oxygen atoms in total. The van der Waals surface area contributed by atoms with Crippen molar-refractivity contribution in [2.75, 3.05) is 4.90 Å². The van der Waals surface area contributed by atoms with Gasteiger partial charge in [0.1, 0.15) is 0 Å². The summed E-state index contributed by atoms with van der Waals surface area (Å²) in [5, 5.41) is 4.99. The summed E-state index contributed by atoms with van der Waals surface area (Å²) < 4.78 is 4.95. The second-order valence-corrected chi connectivity index (χ2v) is 18.3. The van der Waals surface area contributed by atoms with Gasteiger partial charge in [0, 0.05) is 50.0 Å². The van der Waals surface area contributed by atoms with Gasteiger partial charge in [0.15, 0.2) is 0 Å². The molecule has 0 amide bonds. The average molecular weight is 874 g/mol.